The molecule has 2 N–H and O–H groups in total. The number of aliphatic hydroxyl groups excluding tert-OH is 1. The van der Waals surface area contributed by atoms with Gasteiger partial charge in [-0.3, -0.25) is 4.79 Å². The Morgan fingerprint density at radius 2 is 1.62 bits per heavy atom. The average molecular weight is 350 g/mol. The number of nitrogens with one attached hydrogen (secondary N) is 1. The van der Waals surface area contributed by atoms with Gasteiger partial charge < -0.3 is 15.2 Å². The predicted octanol–water partition coefficient (Wildman–Crippen LogP) is 3.53. The molecule has 2 aromatic carbocycles. The Hall–Kier alpha value is -1.88. The maximum absolute atomic E-state index is 10.8. The summed E-state index contributed by atoms with van der Waals surface area (Å²) >= 11 is 5.80. The molecule has 1 unspecified atom stereocenters. The van der Waals surface area contributed by atoms with Gasteiger partial charge in [0, 0.05) is 25.3 Å². The number of hydrogen-bond donors (Lipinski definition) is 2. The van der Waals surface area contributed by atoms with Crippen molar-refractivity contribution in [3.05, 3.63) is 59.6 Å². The molecule has 5 heteroatoms. The molecule has 1 fully saturated rings. The minimum Gasteiger partial charge on any atom is -0.400 e. The molecule has 130 valence electrons. The van der Waals surface area contributed by atoms with E-state index in [1.165, 1.54) is 11.1 Å². The standard InChI is InChI=1S/C12H9Cl.C6H11NO2.CH4O/c13-12-8-6-11(7-9-12)10-4-2-1-3-5-10;1-5-6(8)7-3-2-4-9-5;1-2/h1-9H;5H,2-4H2,1H3,(H,7,8);2H,1H3. The van der Waals surface area contributed by atoms with Crippen LogP contribution in [-0.4, -0.2) is 37.4 Å². The maximum atomic E-state index is 10.8. The lowest BCUT2D eigenvalue weighted by Gasteiger charge is -2.05. The highest BCUT2D eigenvalue weighted by Crippen LogP contribution is 2.20. The van der Waals surface area contributed by atoms with Crippen LogP contribution in [0.4, 0.5) is 0 Å². The Kier molecular flexibility index (Phi) is 9.77. The number of rotatable bonds is 1. The number of halogens is 1. The molecular weight excluding hydrogens is 326 g/mol. The summed E-state index contributed by atoms with van der Waals surface area (Å²) in [6, 6.07) is 18.1. The largest absolute Gasteiger partial charge is 0.400 e. The summed E-state index contributed by atoms with van der Waals surface area (Å²) in [6.45, 7) is 3.21. The SMILES string of the molecule is CC1OCCCNC1=O.CO.Clc1ccc(-c2ccccc2)cc1. The molecule has 0 saturated carbocycles. The molecule has 0 bridgehead atoms. The molecule has 1 aliphatic rings. The van der Waals surface area contributed by atoms with Gasteiger partial charge >= 0.3 is 0 Å². The molecule has 24 heavy (non-hydrogen) atoms. The molecule has 0 aliphatic carbocycles. The third-order valence-electron chi connectivity index (χ3n) is 3.31. The quantitative estimate of drug-likeness (QED) is 0.828. The second-order valence-electron chi connectivity index (χ2n) is 5.03. The van der Waals surface area contributed by atoms with Gasteiger partial charge in [-0.1, -0.05) is 54.1 Å². The first-order valence-corrected chi connectivity index (χ1v) is 8.19. The zero-order valence-corrected chi connectivity index (χ0v) is 14.8. The van der Waals surface area contributed by atoms with E-state index in [2.05, 4.69) is 17.4 Å². The lowest BCUT2D eigenvalue weighted by atomic mass is 10.1. The molecule has 1 aliphatic heterocycles. The van der Waals surface area contributed by atoms with Crippen molar-refractivity contribution in [3.8, 4) is 11.1 Å². The smallest absolute Gasteiger partial charge is 0.248 e. The van der Waals surface area contributed by atoms with Gasteiger partial charge in [-0.05, 0) is 36.6 Å². The van der Waals surface area contributed by atoms with Crippen molar-refractivity contribution < 1.29 is 14.6 Å². The Morgan fingerprint density at radius 1 is 1.04 bits per heavy atom. The number of carbonyl (C=O) groups excluding carboxylic acids is 1. The van der Waals surface area contributed by atoms with E-state index in [-0.39, 0.29) is 12.0 Å². The van der Waals surface area contributed by atoms with E-state index in [4.69, 9.17) is 21.4 Å². The van der Waals surface area contributed by atoms with Crippen LogP contribution in [0.25, 0.3) is 11.1 Å². The fourth-order valence-corrected chi connectivity index (χ4v) is 2.16. The van der Waals surface area contributed by atoms with Crippen LogP contribution >= 0.6 is 11.6 Å². The number of benzene rings is 2. The van der Waals surface area contributed by atoms with Crippen molar-refractivity contribution in [1.82, 2.24) is 5.32 Å². The number of carbonyl (C=O) groups is 1. The van der Waals surface area contributed by atoms with Crippen molar-refractivity contribution in [2.24, 2.45) is 0 Å². The fraction of sp³-hybridized carbons (Fsp3) is 0.316. The second-order valence-corrected chi connectivity index (χ2v) is 5.47. The van der Waals surface area contributed by atoms with Crippen molar-refractivity contribution in [2.45, 2.75) is 19.4 Å². The monoisotopic (exact) mass is 349 g/mol. The molecule has 0 spiro atoms. The Labute approximate surface area is 148 Å². The van der Waals surface area contributed by atoms with Gasteiger partial charge in [0.25, 0.3) is 0 Å². The van der Waals surface area contributed by atoms with E-state index >= 15 is 0 Å². The predicted molar refractivity (Wildman–Crippen MR) is 98.1 cm³/mol. The molecule has 1 heterocycles. The number of aliphatic hydroxyl groups is 1. The molecule has 1 atom stereocenters. The summed E-state index contributed by atoms with van der Waals surface area (Å²) in [6.07, 6.45) is 0.670. The zero-order valence-electron chi connectivity index (χ0n) is 14.0. The topological polar surface area (TPSA) is 58.6 Å². The normalized spacial score (nSPS) is 16.5. The van der Waals surface area contributed by atoms with Crippen LogP contribution in [0.15, 0.2) is 54.6 Å². The van der Waals surface area contributed by atoms with E-state index in [0.717, 1.165) is 25.1 Å². The van der Waals surface area contributed by atoms with Crippen LogP contribution in [0.2, 0.25) is 5.02 Å². The van der Waals surface area contributed by atoms with Gasteiger partial charge in [-0.25, -0.2) is 0 Å². The first-order valence-electron chi connectivity index (χ1n) is 7.82. The van der Waals surface area contributed by atoms with Crippen LogP contribution in [0.1, 0.15) is 13.3 Å². The fourth-order valence-electron chi connectivity index (χ4n) is 2.04. The van der Waals surface area contributed by atoms with Gasteiger partial charge in [0.05, 0.1) is 0 Å². The summed E-state index contributed by atoms with van der Waals surface area (Å²) in [7, 11) is 1.00. The molecular formula is C19H24ClNO3. The van der Waals surface area contributed by atoms with E-state index in [1.807, 2.05) is 42.5 Å². The van der Waals surface area contributed by atoms with Gasteiger partial charge in [0.2, 0.25) is 5.91 Å². The van der Waals surface area contributed by atoms with Crippen molar-refractivity contribution >= 4 is 17.5 Å². The van der Waals surface area contributed by atoms with Crippen LogP contribution in [0, 0.1) is 0 Å². The lowest BCUT2D eigenvalue weighted by Crippen LogP contribution is -2.31. The number of amides is 1. The third kappa shape index (κ3) is 7.13. The first-order chi connectivity index (χ1) is 11.7. The maximum Gasteiger partial charge on any atom is 0.248 e. The molecule has 1 saturated heterocycles. The molecule has 0 radical (unpaired) electrons. The minimum atomic E-state index is -0.257. The molecule has 2 aromatic rings. The molecule has 0 aromatic heterocycles. The lowest BCUT2D eigenvalue weighted by molar-refractivity contribution is -0.129. The summed E-state index contributed by atoms with van der Waals surface area (Å²) in [4.78, 5) is 10.8. The van der Waals surface area contributed by atoms with Gasteiger partial charge in [-0.2, -0.15) is 0 Å². The highest BCUT2D eigenvalue weighted by molar-refractivity contribution is 6.30. The molecule has 3 rings (SSSR count). The van der Waals surface area contributed by atoms with Gasteiger partial charge in [-0.15, -0.1) is 0 Å². The Balaban J connectivity index is 0.000000230. The highest BCUT2D eigenvalue weighted by atomic mass is 35.5. The van der Waals surface area contributed by atoms with Crippen molar-refractivity contribution in [3.63, 3.8) is 0 Å². The summed E-state index contributed by atoms with van der Waals surface area (Å²) < 4.78 is 5.10. The average Bonchev–Trinajstić information content (AvgIpc) is 2.83. The van der Waals surface area contributed by atoms with E-state index in [9.17, 15) is 4.79 Å². The van der Waals surface area contributed by atoms with Crippen LogP contribution < -0.4 is 5.32 Å². The third-order valence-corrected chi connectivity index (χ3v) is 3.56. The second kappa shape index (κ2) is 11.6. The molecule has 1 amide bonds. The van der Waals surface area contributed by atoms with Crippen molar-refractivity contribution in [2.75, 3.05) is 20.3 Å². The Morgan fingerprint density at radius 3 is 2.25 bits per heavy atom. The van der Waals surface area contributed by atoms with E-state index in [1.54, 1.807) is 6.92 Å². The van der Waals surface area contributed by atoms with Gasteiger partial charge in [0.15, 0.2) is 0 Å². The minimum absolute atomic E-state index is 0.00694. The number of hydrogen-bond acceptors (Lipinski definition) is 3. The van der Waals surface area contributed by atoms with Crippen molar-refractivity contribution in [1.29, 1.82) is 0 Å². The summed E-state index contributed by atoms with van der Waals surface area (Å²) in [5, 5.41) is 10.5. The molecule has 4 nitrogen and oxygen atoms in total. The summed E-state index contributed by atoms with van der Waals surface area (Å²) in [5.74, 6) is 0.00694. The number of ether oxygens (including phenoxy) is 1. The van der Waals surface area contributed by atoms with Crippen LogP contribution in [-0.2, 0) is 9.53 Å². The Bertz CT molecular complexity index is 587. The van der Waals surface area contributed by atoms with E-state index in [0.29, 0.717) is 6.61 Å². The summed E-state index contributed by atoms with van der Waals surface area (Å²) in [5.41, 5.74) is 2.42. The zero-order chi connectivity index (χ0) is 17.8. The van der Waals surface area contributed by atoms with E-state index < -0.39 is 0 Å². The first kappa shape index (κ1) is 20.2. The van der Waals surface area contributed by atoms with Gasteiger partial charge in [0.1, 0.15) is 6.10 Å². The van der Waals surface area contributed by atoms with Crippen LogP contribution in [0.3, 0.4) is 0 Å². The highest BCUT2D eigenvalue weighted by Gasteiger charge is 2.14. The van der Waals surface area contributed by atoms with Crippen LogP contribution in [0.5, 0.6) is 0 Å².